The van der Waals surface area contributed by atoms with Crippen molar-refractivity contribution in [2.75, 3.05) is 13.7 Å². The smallest absolute Gasteiger partial charge is 0.318 e. The van der Waals surface area contributed by atoms with E-state index >= 15 is 0 Å². The van der Waals surface area contributed by atoms with E-state index in [1.165, 1.54) is 0 Å². The lowest BCUT2D eigenvalue weighted by atomic mass is 10.1. The van der Waals surface area contributed by atoms with E-state index in [9.17, 15) is 4.79 Å². The summed E-state index contributed by atoms with van der Waals surface area (Å²) < 4.78 is 5.21. The Balaban J connectivity index is 1.64. The van der Waals surface area contributed by atoms with Crippen LogP contribution in [-0.4, -0.2) is 24.6 Å². The van der Waals surface area contributed by atoms with Crippen LogP contribution in [0.25, 0.3) is 0 Å². The third kappa shape index (κ3) is 3.82. The van der Waals surface area contributed by atoms with E-state index < -0.39 is 0 Å². The number of halogens is 1. The number of methoxy groups -OCH3 is 1. The first kappa shape index (κ1) is 16.7. The molecule has 2 aromatic rings. The van der Waals surface area contributed by atoms with Crippen molar-refractivity contribution in [1.82, 2.24) is 10.2 Å². The molecule has 1 aliphatic heterocycles. The van der Waals surface area contributed by atoms with Crippen molar-refractivity contribution in [2.24, 2.45) is 0 Å². The highest BCUT2D eigenvalue weighted by molar-refractivity contribution is 6.30. The van der Waals surface area contributed by atoms with Crippen LogP contribution in [-0.2, 0) is 6.54 Å². The summed E-state index contributed by atoms with van der Waals surface area (Å²) in [4.78, 5) is 14.5. The van der Waals surface area contributed by atoms with Gasteiger partial charge in [-0.1, -0.05) is 35.9 Å². The zero-order valence-corrected chi connectivity index (χ0v) is 14.4. The van der Waals surface area contributed by atoms with E-state index in [0.29, 0.717) is 11.6 Å². The molecular weight excluding hydrogens is 324 g/mol. The van der Waals surface area contributed by atoms with Gasteiger partial charge in [-0.05, 0) is 48.2 Å². The largest absolute Gasteiger partial charge is 0.497 e. The van der Waals surface area contributed by atoms with Crippen molar-refractivity contribution in [2.45, 2.75) is 25.4 Å². The maximum absolute atomic E-state index is 12.6. The average Bonchev–Trinajstić information content (AvgIpc) is 3.10. The Hall–Kier alpha value is -2.20. The number of carbonyl (C=O) groups excluding carboxylic acids is 1. The minimum atomic E-state index is -0.0322. The molecule has 1 heterocycles. The lowest BCUT2D eigenvalue weighted by molar-refractivity contribution is 0.192. The number of nitrogens with one attached hydrogen (secondary N) is 1. The number of likely N-dealkylation sites (tertiary alicyclic amines) is 1. The predicted octanol–water partition coefficient (Wildman–Crippen LogP) is 4.40. The third-order valence-corrected chi connectivity index (χ3v) is 4.60. The number of benzene rings is 2. The summed E-state index contributed by atoms with van der Waals surface area (Å²) >= 11 is 5.96. The number of hydrogen-bond donors (Lipinski definition) is 1. The fourth-order valence-corrected chi connectivity index (χ4v) is 3.23. The van der Waals surface area contributed by atoms with Gasteiger partial charge in [-0.15, -0.1) is 0 Å². The third-order valence-electron chi connectivity index (χ3n) is 4.35. The summed E-state index contributed by atoms with van der Waals surface area (Å²) in [6.07, 6.45) is 1.99. The first-order chi connectivity index (χ1) is 11.7. The summed E-state index contributed by atoms with van der Waals surface area (Å²) in [7, 11) is 1.64. The van der Waals surface area contributed by atoms with Crippen LogP contribution in [0.2, 0.25) is 5.02 Å². The Morgan fingerprint density at radius 1 is 1.29 bits per heavy atom. The van der Waals surface area contributed by atoms with Gasteiger partial charge >= 0.3 is 6.03 Å². The Morgan fingerprint density at radius 3 is 2.83 bits per heavy atom. The minimum Gasteiger partial charge on any atom is -0.497 e. The molecule has 5 heteroatoms. The Labute approximate surface area is 147 Å². The lowest BCUT2D eigenvalue weighted by Gasteiger charge is -2.25. The van der Waals surface area contributed by atoms with Gasteiger partial charge in [-0.25, -0.2) is 4.79 Å². The van der Waals surface area contributed by atoms with Gasteiger partial charge in [0.2, 0.25) is 0 Å². The summed E-state index contributed by atoms with van der Waals surface area (Å²) in [5.41, 5.74) is 2.15. The van der Waals surface area contributed by atoms with Crippen LogP contribution in [0.4, 0.5) is 4.79 Å². The predicted molar refractivity (Wildman–Crippen MR) is 95.4 cm³/mol. The molecule has 126 valence electrons. The molecule has 0 unspecified atom stereocenters. The average molecular weight is 345 g/mol. The molecule has 0 radical (unpaired) electrons. The van der Waals surface area contributed by atoms with E-state index in [0.717, 1.165) is 36.3 Å². The number of hydrogen-bond acceptors (Lipinski definition) is 2. The molecule has 1 aliphatic rings. The Bertz CT molecular complexity index is 703. The Kier molecular flexibility index (Phi) is 5.26. The van der Waals surface area contributed by atoms with E-state index in [-0.39, 0.29) is 12.1 Å². The van der Waals surface area contributed by atoms with Crippen LogP contribution in [0.5, 0.6) is 5.75 Å². The molecule has 24 heavy (non-hydrogen) atoms. The summed E-state index contributed by atoms with van der Waals surface area (Å²) in [5, 5.41) is 3.72. The van der Waals surface area contributed by atoms with Crippen LogP contribution < -0.4 is 10.1 Å². The van der Waals surface area contributed by atoms with Crippen LogP contribution >= 0.6 is 11.6 Å². The highest BCUT2D eigenvalue weighted by Crippen LogP contribution is 2.32. The molecule has 0 aliphatic carbocycles. The van der Waals surface area contributed by atoms with E-state index in [1.54, 1.807) is 7.11 Å². The SMILES string of the molecule is COc1cccc(CNC(=O)N2CCC[C@H]2c2ccc(Cl)cc2)c1. The van der Waals surface area contributed by atoms with E-state index in [4.69, 9.17) is 16.3 Å². The van der Waals surface area contributed by atoms with Crippen LogP contribution in [0.15, 0.2) is 48.5 Å². The number of nitrogens with zero attached hydrogens (tertiary/aromatic N) is 1. The molecule has 4 nitrogen and oxygen atoms in total. The lowest BCUT2D eigenvalue weighted by Crippen LogP contribution is -2.39. The molecule has 0 bridgehead atoms. The molecule has 2 amide bonds. The highest BCUT2D eigenvalue weighted by Gasteiger charge is 2.29. The molecule has 1 atom stereocenters. The summed E-state index contributed by atoms with van der Waals surface area (Å²) in [6.45, 7) is 1.26. The highest BCUT2D eigenvalue weighted by atomic mass is 35.5. The number of ether oxygens (including phenoxy) is 1. The summed E-state index contributed by atoms with van der Waals surface area (Å²) in [6, 6.07) is 15.6. The van der Waals surface area contributed by atoms with Gasteiger partial charge in [0, 0.05) is 18.1 Å². The first-order valence-corrected chi connectivity index (χ1v) is 8.48. The number of rotatable bonds is 4. The van der Waals surface area contributed by atoms with Crippen molar-refractivity contribution in [3.05, 3.63) is 64.7 Å². The van der Waals surface area contributed by atoms with Crippen molar-refractivity contribution >= 4 is 17.6 Å². The minimum absolute atomic E-state index is 0.0322. The monoisotopic (exact) mass is 344 g/mol. The van der Waals surface area contributed by atoms with Gasteiger partial charge in [0.05, 0.1) is 13.2 Å². The van der Waals surface area contributed by atoms with Gasteiger partial charge < -0.3 is 15.0 Å². The van der Waals surface area contributed by atoms with Crippen molar-refractivity contribution in [3.63, 3.8) is 0 Å². The van der Waals surface area contributed by atoms with Gasteiger partial charge in [0.25, 0.3) is 0 Å². The molecule has 0 spiro atoms. The van der Waals surface area contributed by atoms with Gasteiger partial charge in [-0.2, -0.15) is 0 Å². The van der Waals surface area contributed by atoms with E-state index in [2.05, 4.69) is 5.32 Å². The van der Waals surface area contributed by atoms with Gasteiger partial charge in [0.1, 0.15) is 5.75 Å². The number of urea groups is 1. The van der Waals surface area contributed by atoms with Crippen LogP contribution in [0, 0.1) is 0 Å². The van der Waals surface area contributed by atoms with E-state index in [1.807, 2.05) is 53.4 Å². The number of amides is 2. The second kappa shape index (κ2) is 7.58. The molecule has 1 saturated heterocycles. The fraction of sp³-hybridized carbons (Fsp3) is 0.316. The van der Waals surface area contributed by atoms with Gasteiger partial charge in [0.15, 0.2) is 0 Å². The molecular formula is C19H21ClN2O2. The number of carbonyl (C=O) groups is 1. The Morgan fingerprint density at radius 2 is 2.08 bits per heavy atom. The summed E-state index contributed by atoms with van der Waals surface area (Å²) in [5.74, 6) is 0.793. The normalized spacial score (nSPS) is 16.9. The second-order valence-electron chi connectivity index (χ2n) is 5.91. The topological polar surface area (TPSA) is 41.6 Å². The maximum Gasteiger partial charge on any atom is 0.318 e. The zero-order valence-electron chi connectivity index (χ0n) is 13.7. The quantitative estimate of drug-likeness (QED) is 0.893. The first-order valence-electron chi connectivity index (χ1n) is 8.10. The molecule has 2 aromatic carbocycles. The van der Waals surface area contributed by atoms with Crippen LogP contribution in [0.1, 0.15) is 30.0 Å². The zero-order chi connectivity index (χ0) is 16.9. The standard InChI is InChI=1S/C19H21ClN2O2/c1-24-17-5-2-4-14(12-17)13-21-19(23)22-11-3-6-18(22)15-7-9-16(20)10-8-15/h2,4-5,7-10,12,18H,3,6,11,13H2,1H3,(H,21,23)/t18-/m0/s1. The van der Waals surface area contributed by atoms with Crippen molar-refractivity contribution in [1.29, 1.82) is 0 Å². The van der Waals surface area contributed by atoms with Crippen molar-refractivity contribution in [3.8, 4) is 5.75 Å². The molecule has 0 aromatic heterocycles. The molecule has 1 fully saturated rings. The molecule has 0 saturated carbocycles. The van der Waals surface area contributed by atoms with Crippen LogP contribution in [0.3, 0.4) is 0 Å². The van der Waals surface area contributed by atoms with Gasteiger partial charge in [-0.3, -0.25) is 0 Å². The van der Waals surface area contributed by atoms with Crippen molar-refractivity contribution < 1.29 is 9.53 Å². The molecule has 1 N–H and O–H groups in total. The molecule has 3 rings (SSSR count). The second-order valence-corrected chi connectivity index (χ2v) is 6.35. The fourth-order valence-electron chi connectivity index (χ4n) is 3.10. The maximum atomic E-state index is 12.6.